The molecule has 0 amide bonds. The van der Waals surface area contributed by atoms with E-state index in [-0.39, 0.29) is 6.04 Å². The molecule has 0 aromatic heterocycles. The summed E-state index contributed by atoms with van der Waals surface area (Å²) in [7, 11) is 0. The minimum absolute atomic E-state index is 0.185. The minimum atomic E-state index is 0.185. The fraction of sp³-hybridized carbons (Fsp3) is 0.600. The summed E-state index contributed by atoms with van der Waals surface area (Å²) in [6.07, 6.45) is 0.996. The van der Waals surface area contributed by atoms with Crippen LogP contribution in [0.5, 0.6) is 0 Å². The fourth-order valence-electron chi connectivity index (χ4n) is 2.66. The first-order valence-electron chi connectivity index (χ1n) is 6.86. The Bertz CT molecular complexity index is 375. The summed E-state index contributed by atoms with van der Waals surface area (Å²) in [4.78, 5) is 2.46. The van der Waals surface area contributed by atoms with E-state index in [0.717, 1.165) is 32.7 Å². The smallest absolute Gasteiger partial charge is 0.0594 e. The molecular formula is C15H24N2O. The van der Waals surface area contributed by atoms with Crippen LogP contribution in [0.15, 0.2) is 24.3 Å². The van der Waals surface area contributed by atoms with Crippen molar-refractivity contribution in [1.82, 2.24) is 4.90 Å². The van der Waals surface area contributed by atoms with Gasteiger partial charge < -0.3 is 10.5 Å². The highest BCUT2D eigenvalue weighted by molar-refractivity contribution is 5.26. The van der Waals surface area contributed by atoms with Gasteiger partial charge in [0.15, 0.2) is 0 Å². The van der Waals surface area contributed by atoms with Crippen LogP contribution < -0.4 is 5.73 Å². The molecule has 0 bridgehead atoms. The Labute approximate surface area is 110 Å². The zero-order valence-corrected chi connectivity index (χ0v) is 11.4. The van der Waals surface area contributed by atoms with Gasteiger partial charge in [-0.05, 0) is 18.9 Å². The van der Waals surface area contributed by atoms with Crippen LogP contribution in [-0.2, 0) is 4.74 Å². The molecule has 2 unspecified atom stereocenters. The predicted octanol–water partition coefficient (Wildman–Crippen LogP) is 2.11. The number of nitrogens with two attached hydrogens (primary N) is 1. The Balaban J connectivity index is 2.23. The van der Waals surface area contributed by atoms with Gasteiger partial charge in [-0.3, -0.25) is 4.90 Å². The first kappa shape index (κ1) is 13.5. The molecule has 0 radical (unpaired) electrons. The number of nitrogens with zero attached hydrogens (tertiary/aromatic N) is 1. The third-order valence-electron chi connectivity index (χ3n) is 3.70. The maximum Gasteiger partial charge on any atom is 0.0594 e. The van der Waals surface area contributed by atoms with Crippen LogP contribution in [0.2, 0.25) is 0 Å². The first-order chi connectivity index (χ1) is 8.72. The monoisotopic (exact) mass is 248 g/mol. The van der Waals surface area contributed by atoms with Gasteiger partial charge in [-0.1, -0.05) is 36.8 Å². The van der Waals surface area contributed by atoms with E-state index < -0.39 is 0 Å². The number of hydrogen-bond acceptors (Lipinski definition) is 3. The second kappa shape index (κ2) is 6.32. The molecule has 1 aliphatic rings. The van der Waals surface area contributed by atoms with Gasteiger partial charge >= 0.3 is 0 Å². The summed E-state index contributed by atoms with van der Waals surface area (Å²) in [5, 5.41) is 0. The van der Waals surface area contributed by atoms with Crippen LogP contribution in [0.3, 0.4) is 0 Å². The molecule has 3 nitrogen and oxygen atoms in total. The number of aryl methyl sites for hydroxylation is 1. The second-order valence-corrected chi connectivity index (χ2v) is 5.08. The fourth-order valence-corrected chi connectivity index (χ4v) is 2.66. The van der Waals surface area contributed by atoms with E-state index in [9.17, 15) is 0 Å². The maximum atomic E-state index is 6.35. The van der Waals surface area contributed by atoms with Crippen LogP contribution in [0.4, 0.5) is 0 Å². The number of hydrogen-bond donors (Lipinski definition) is 1. The Morgan fingerprint density at radius 3 is 2.67 bits per heavy atom. The van der Waals surface area contributed by atoms with Gasteiger partial charge in [-0.2, -0.15) is 0 Å². The second-order valence-electron chi connectivity index (χ2n) is 5.08. The van der Waals surface area contributed by atoms with Gasteiger partial charge in [-0.25, -0.2) is 0 Å². The Hall–Kier alpha value is -0.900. The van der Waals surface area contributed by atoms with Crippen molar-refractivity contribution >= 4 is 0 Å². The van der Waals surface area contributed by atoms with Gasteiger partial charge in [0.05, 0.1) is 19.3 Å². The summed E-state index contributed by atoms with van der Waals surface area (Å²) in [6, 6.07) is 9.22. The van der Waals surface area contributed by atoms with Crippen molar-refractivity contribution in [2.24, 2.45) is 5.73 Å². The quantitative estimate of drug-likeness (QED) is 0.887. The van der Waals surface area contributed by atoms with E-state index in [2.05, 4.69) is 43.0 Å². The van der Waals surface area contributed by atoms with Crippen LogP contribution in [0.25, 0.3) is 0 Å². The van der Waals surface area contributed by atoms with Gasteiger partial charge in [0.1, 0.15) is 0 Å². The number of morpholine rings is 1. The SMILES string of the molecule is CCC(N)C(c1cccc(C)c1)N1CCOCC1. The van der Waals surface area contributed by atoms with Crippen molar-refractivity contribution in [2.45, 2.75) is 32.4 Å². The Morgan fingerprint density at radius 2 is 2.06 bits per heavy atom. The van der Waals surface area contributed by atoms with E-state index in [4.69, 9.17) is 10.5 Å². The summed E-state index contributed by atoms with van der Waals surface area (Å²) in [5.41, 5.74) is 8.99. The molecule has 2 rings (SSSR count). The highest BCUT2D eigenvalue weighted by atomic mass is 16.5. The molecule has 1 aromatic carbocycles. The van der Waals surface area contributed by atoms with Crippen molar-refractivity contribution in [3.63, 3.8) is 0 Å². The molecule has 2 atom stereocenters. The Morgan fingerprint density at radius 1 is 1.33 bits per heavy atom. The van der Waals surface area contributed by atoms with Gasteiger partial charge in [-0.15, -0.1) is 0 Å². The highest BCUT2D eigenvalue weighted by Crippen LogP contribution is 2.26. The average molecular weight is 248 g/mol. The van der Waals surface area contributed by atoms with Crippen molar-refractivity contribution in [3.8, 4) is 0 Å². The maximum absolute atomic E-state index is 6.35. The molecule has 0 saturated carbocycles. The van der Waals surface area contributed by atoms with E-state index in [0.29, 0.717) is 6.04 Å². The lowest BCUT2D eigenvalue weighted by atomic mass is 9.95. The molecule has 18 heavy (non-hydrogen) atoms. The summed E-state index contributed by atoms with van der Waals surface area (Å²) in [6.45, 7) is 7.89. The summed E-state index contributed by atoms with van der Waals surface area (Å²) >= 11 is 0. The topological polar surface area (TPSA) is 38.5 Å². The standard InChI is InChI=1S/C15H24N2O/c1-3-14(16)15(17-7-9-18-10-8-17)13-6-4-5-12(2)11-13/h4-6,11,14-15H,3,7-10,16H2,1-2H3. The zero-order chi connectivity index (χ0) is 13.0. The van der Waals surface area contributed by atoms with Crippen molar-refractivity contribution < 1.29 is 4.74 Å². The van der Waals surface area contributed by atoms with E-state index in [1.54, 1.807) is 0 Å². The molecule has 1 saturated heterocycles. The van der Waals surface area contributed by atoms with Crippen molar-refractivity contribution in [3.05, 3.63) is 35.4 Å². The Kier molecular flexibility index (Phi) is 4.75. The van der Waals surface area contributed by atoms with Crippen molar-refractivity contribution in [2.75, 3.05) is 26.3 Å². The largest absolute Gasteiger partial charge is 0.379 e. The normalized spacial score (nSPS) is 20.6. The molecule has 1 fully saturated rings. The molecule has 1 heterocycles. The minimum Gasteiger partial charge on any atom is -0.379 e. The third-order valence-corrected chi connectivity index (χ3v) is 3.70. The van der Waals surface area contributed by atoms with E-state index >= 15 is 0 Å². The van der Waals surface area contributed by atoms with Gasteiger partial charge in [0.2, 0.25) is 0 Å². The molecular weight excluding hydrogens is 224 g/mol. The summed E-state index contributed by atoms with van der Waals surface area (Å²) < 4.78 is 5.44. The lowest BCUT2D eigenvalue weighted by Gasteiger charge is -2.38. The molecule has 2 N–H and O–H groups in total. The molecule has 100 valence electrons. The first-order valence-corrected chi connectivity index (χ1v) is 6.86. The molecule has 0 aliphatic carbocycles. The highest BCUT2D eigenvalue weighted by Gasteiger charge is 2.27. The molecule has 3 heteroatoms. The number of benzene rings is 1. The summed E-state index contributed by atoms with van der Waals surface area (Å²) in [5.74, 6) is 0. The third kappa shape index (κ3) is 3.10. The molecule has 1 aliphatic heterocycles. The lowest BCUT2D eigenvalue weighted by molar-refractivity contribution is 0.0101. The van der Waals surface area contributed by atoms with Crippen molar-refractivity contribution in [1.29, 1.82) is 0 Å². The van der Waals surface area contributed by atoms with Crippen LogP contribution in [-0.4, -0.2) is 37.2 Å². The number of ether oxygens (including phenoxy) is 1. The van der Waals surface area contributed by atoms with Crippen LogP contribution in [0.1, 0.15) is 30.5 Å². The van der Waals surface area contributed by atoms with E-state index in [1.807, 2.05) is 0 Å². The van der Waals surface area contributed by atoms with Crippen LogP contribution >= 0.6 is 0 Å². The molecule has 0 spiro atoms. The van der Waals surface area contributed by atoms with E-state index in [1.165, 1.54) is 11.1 Å². The van der Waals surface area contributed by atoms with Gasteiger partial charge in [0, 0.05) is 19.1 Å². The lowest BCUT2D eigenvalue weighted by Crippen LogP contribution is -2.46. The average Bonchev–Trinajstić information content (AvgIpc) is 2.40. The number of rotatable bonds is 4. The van der Waals surface area contributed by atoms with Crippen LogP contribution in [0, 0.1) is 6.92 Å². The van der Waals surface area contributed by atoms with Gasteiger partial charge in [0.25, 0.3) is 0 Å². The zero-order valence-electron chi connectivity index (χ0n) is 11.4. The predicted molar refractivity (Wildman–Crippen MR) is 74.6 cm³/mol. The molecule has 1 aromatic rings.